The van der Waals surface area contributed by atoms with Gasteiger partial charge in [0.15, 0.2) is 6.10 Å². The molecule has 418 valence electrons. The fraction of sp³-hybridized carbons (Fsp3) is 0.803. The van der Waals surface area contributed by atoms with Gasteiger partial charge in [-0.1, -0.05) is 274 Å². The first-order valence-electron chi connectivity index (χ1n) is 31.3. The molecular weight excluding hydrogens is 889 g/mol. The molecule has 0 heterocycles. The molecule has 0 saturated carbocycles. The molecule has 1 unspecified atom stereocenters. The van der Waals surface area contributed by atoms with Crippen LogP contribution in [-0.4, -0.2) is 37.2 Å². The zero-order valence-corrected chi connectivity index (χ0v) is 47.9. The van der Waals surface area contributed by atoms with Crippen molar-refractivity contribution in [3.05, 3.63) is 60.8 Å². The molecule has 0 amide bonds. The van der Waals surface area contributed by atoms with Gasteiger partial charge in [-0.2, -0.15) is 0 Å². The van der Waals surface area contributed by atoms with Crippen molar-refractivity contribution in [3.8, 4) is 0 Å². The van der Waals surface area contributed by atoms with Crippen molar-refractivity contribution in [1.82, 2.24) is 0 Å². The minimum absolute atomic E-state index is 0.0748. The van der Waals surface area contributed by atoms with E-state index in [4.69, 9.17) is 14.2 Å². The fourth-order valence-corrected chi connectivity index (χ4v) is 9.01. The average molecular weight is 1010 g/mol. The maximum atomic E-state index is 12.8. The van der Waals surface area contributed by atoms with Gasteiger partial charge >= 0.3 is 17.9 Å². The molecule has 0 bridgehead atoms. The molecule has 0 aliphatic heterocycles. The van der Waals surface area contributed by atoms with Gasteiger partial charge in [-0.15, -0.1) is 0 Å². The van der Waals surface area contributed by atoms with Crippen LogP contribution in [0.25, 0.3) is 0 Å². The number of esters is 3. The molecule has 0 rings (SSSR count). The standard InChI is InChI=1S/C66H118O6/c1-4-7-10-13-16-18-20-22-24-26-27-28-29-30-31-32-33-34-35-36-37-38-39-41-42-44-46-48-50-53-56-59-65(68)71-62-63(61-70-64(67)58-55-52-15-12-9-6-3)72-66(69)60-57-54-51-49-47-45-43-40-25-23-21-19-17-14-11-8-5-2/h17,19-20,22-23,25-27,29-30,63H,4-16,18,21,24,28,31-62H2,1-3H3/b19-17-,22-20-,25-23-,27-26-,30-29-. The number of carbonyl (C=O) groups excluding carboxylic acids is 3. The van der Waals surface area contributed by atoms with E-state index in [1.807, 2.05) is 0 Å². The molecule has 0 aliphatic carbocycles. The molecule has 0 spiro atoms. The van der Waals surface area contributed by atoms with Crippen molar-refractivity contribution in [3.63, 3.8) is 0 Å². The summed E-state index contributed by atoms with van der Waals surface area (Å²) in [6.07, 6.45) is 76.9. The highest BCUT2D eigenvalue weighted by Crippen LogP contribution is 2.17. The highest BCUT2D eigenvalue weighted by Gasteiger charge is 2.19. The first-order valence-corrected chi connectivity index (χ1v) is 31.3. The number of unbranched alkanes of at least 4 members (excludes halogenated alkanes) is 36. The summed E-state index contributed by atoms with van der Waals surface area (Å²) in [5, 5.41) is 0. The average Bonchev–Trinajstić information content (AvgIpc) is 3.38. The van der Waals surface area contributed by atoms with Crippen LogP contribution in [0.1, 0.15) is 323 Å². The molecule has 0 aromatic carbocycles. The van der Waals surface area contributed by atoms with Gasteiger partial charge in [0, 0.05) is 19.3 Å². The number of hydrogen-bond donors (Lipinski definition) is 0. The molecule has 6 heteroatoms. The van der Waals surface area contributed by atoms with Crippen LogP contribution in [0.15, 0.2) is 60.8 Å². The molecule has 0 aromatic heterocycles. The SMILES string of the molecule is CCCCC/C=C\C/C=C\CCCCCCCCCC(=O)OC(COC(=O)CCCCCCCC)COC(=O)CCCCCCCCCCCCCCCCCC/C=C\C/C=C\C/C=C\CCCCCCC. The van der Waals surface area contributed by atoms with Crippen LogP contribution in [0.5, 0.6) is 0 Å². The number of rotatable bonds is 57. The zero-order valence-electron chi connectivity index (χ0n) is 47.9. The Bertz CT molecular complexity index is 1290. The smallest absolute Gasteiger partial charge is 0.306 e. The van der Waals surface area contributed by atoms with E-state index >= 15 is 0 Å². The van der Waals surface area contributed by atoms with Crippen molar-refractivity contribution in [1.29, 1.82) is 0 Å². The van der Waals surface area contributed by atoms with Gasteiger partial charge in [0.1, 0.15) is 13.2 Å². The van der Waals surface area contributed by atoms with Crippen molar-refractivity contribution < 1.29 is 28.6 Å². The summed E-state index contributed by atoms with van der Waals surface area (Å²) in [5.41, 5.74) is 0. The Morgan fingerprint density at radius 1 is 0.278 bits per heavy atom. The summed E-state index contributed by atoms with van der Waals surface area (Å²) in [5.74, 6) is -0.880. The number of carbonyl (C=O) groups is 3. The van der Waals surface area contributed by atoms with Crippen LogP contribution in [0, 0.1) is 0 Å². The Balaban J connectivity index is 4.01. The van der Waals surface area contributed by atoms with Crippen molar-refractivity contribution in [2.75, 3.05) is 13.2 Å². The first kappa shape index (κ1) is 69.1. The Kier molecular flexibility index (Phi) is 58.2. The third kappa shape index (κ3) is 58.0. The van der Waals surface area contributed by atoms with E-state index in [0.717, 1.165) is 83.5 Å². The molecule has 72 heavy (non-hydrogen) atoms. The monoisotopic (exact) mass is 1010 g/mol. The number of allylic oxidation sites excluding steroid dienone is 10. The molecule has 0 radical (unpaired) electrons. The highest BCUT2D eigenvalue weighted by molar-refractivity contribution is 5.71. The largest absolute Gasteiger partial charge is 0.462 e. The fourth-order valence-electron chi connectivity index (χ4n) is 9.01. The van der Waals surface area contributed by atoms with E-state index < -0.39 is 6.10 Å². The molecule has 6 nitrogen and oxygen atoms in total. The first-order chi connectivity index (χ1) is 35.5. The molecule has 0 aromatic rings. The minimum atomic E-state index is -0.774. The summed E-state index contributed by atoms with van der Waals surface area (Å²) in [6.45, 7) is 6.57. The number of hydrogen-bond acceptors (Lipinski definition) is 6. The van der Waals surface area contributed by atoms with Gasteiger partial charge in [0.2, 0.25) is 0 Å². The summed E-state index contributed by atoms with van der Waals surface area (Å²) >= 11 is 0. The Hall–Kier alpha value is -2.89. The van der Waals surface area contributed by atoms with E-state index in [1.165, 1.54) is 199 Å². The van der Waals surface area contributed by atoms with Gasteiger partial charge in [-0.25, -0.2) is 0 Å². The van der Waals surface area contributed by atoms with E-state index in [0.29, 0.717) is 19.3 Å². The maximum absolute atomic E-state index is 12.8. The van der Waals surface area contributed by atoms with Crippen molar-refractivity contribution in [2.45, 2.75) is 329 Å². The topological polar surface area (TPSA) is 78.9 Å². The second kappa shape index (κ2) is 60.7. The second-order valence-corrected chi connectivity index (χ2v) is 21.0. The maximum Gasteiger partial charge on any atom is 0.306 e. The molecule has 0 N–H and O–H groups in total. The lowest BCUT2D eigenvalue weighted by molar-refractivity contribution is -0.167. The van der Waals surface area contributed by atoms with Crippen LogP contribution in [0.4, 0.5) is 0 Å². The third-order valence-electron chi connectivity index (χ3n) is 13.7. The van der Waals surface area contributed by atoms with Crippen molar-refractivity contribution >= 4 is 17.9 Å². The Morgan fingerprint density at radius 2 is 0.500 bits per heavy atom. The molecule has 1 atom stereocenters. The van der Waals surface area contributed by atoms with Crippen LogP contribution in [0.2, 0.25) is 0 Å². The lowest BCUT2D eigenvalue weighted by Crippen LogP contribution is -2.30. The molecule has 0 aliphatic rings. The van der Waals surface area contributed by atoms with Crippen LogP contribution in [-0.2, 0) is 28.6 Å². The van der Waals surface area contributed by atoms with Crippen LogP contribution < -0.4 is 0 Å². The van der Waals surface area contributed by atoms with Gasteiger partial charge in [0.25, 0.3) is 0 Å². The second-order valence-electron chi connectivity index (χ2n) is 21.0. The van der Waals surface area contributed by atoms with Crippen LogP contribution >= 0.6 is 0 Å². The quantitative estimate of drug-likeness (QED) is 0.0261. The van der Waals surface area contributed by atoms with E-state index in [9.17, 15) is 14.4 Å². The summed E-state index contributed by atoms with van der Waals surface area (Å²) < 4.78 is 16.8. The lowest BCUT2D eigenvalue weighted by atomic mass is 10.0. The zero-order chi connectivity index (χ0) is 52.2. The predicted molar refractivity (Wildman–Crippen MR) is 312 cm³/mol. The summed E-state index contributed by atoms with van der Waals surface area (Å²) in [4.78, 5) is 37.9. The lowest BCUT2D eigenvalue weighted by Gasteiger charge is -2.18. The Morgan fingerprint density at radius 3 is 0.806 bits per heavy atom. The molecule has 0 fully saturated rings. The summed E-state index contributed by atoms with van der Waals surface area (Å²) in [6, 6.07) is 0. The van der Waals surface area contributed by atoms with Crippen molar-refractivity contribution in [2.24, 2.45) is 0 Å². The number of ether oxygens (including phenoxy) is 3. The normalized spacial score (nSPS) is 12.4. The van der Waals surface area contributed by atoms with E-state index in [2.05, 4.69) is 81.5 Å². The van der Waals surface area contributed by atoms with E-state index in [-0.39, 0.29) is 31.1 Å². The van der Waals surface area contributed by atoms with Gasteiger partial charge < -0.3 is 14.2 Å². The predicted octanol–water partition coefficient (Wildman–Crippen LogP) is 21.2. The van der Waals surface area contributed by atoms with Gasteiger partial charge in [-0.3, -0.25) is 14.4 Å². The van der Waals surface area contributed by atoms with E-state index in [1.54, 1.807) is 0 Å². The summed E-state index contributed by atoms with van der Waals surface area (Å²) in [7, 11) is 0. The molecular formula is C66H118O6. The van der Waals surface area contributed by atoms with Gasteiger partial charge in [0.05, 0.1) is 0 Å². The third-order valence-corrected chi connectivity index (χ3v) is 13.7. The highest BCUT2D eigenvalue weighted by atomic mass is 16.6. The van der Waals surface area contributed by atoms with Crippen LogP contribution in [0.3, 0.4) is 0 Å². The minimum Gasteiger partial charge on any atom is -0.462 e. The molecule has 0 saturated heterocycles. The van der Waals surface area contributed by atoms with Gasteiger partial charge in [-0.05, 0) is 89.9 Å². The Labute approximate surface area is 447 Å².